The van der Waals surface area contributed by atoms with Crippen LogP contribution in [-0.2, 0) is 4.79 Å². The molecule has 0 bridgehead atoms. The van der Waals surface area contributed by atoms with Crippen LogP contribution in [0, 0.1) is 0 Å². The summed E-state index contributed by atoms with van der Waals surface area (Å²) in [6.45, 7) is 1.60. The molecule has 0 atom stereocenters. The van der Waals surface area contributed by atoms with Gasteiger partial charge in [0.05, 0.1) is 11.9 Å². The van der Waals surface area contributed by atoms with E-state index in [2.05, 4.69) is 34.5 Å². The third kappa shape index (κ3) is 4.06. The van der Waals surface area contributed by atoms with Gasteiger partial charge in [-0.3, -0.25) is 9.89 Å². The van der Waals surface area contributed by atoms with Gasteiger partial charge in [0.2, 0.25) is 0 Å². The van der Waals surface area contributed by atoms with Crippen LogP contribution in [-0.4, -0.2) is 21.3 Å². The number of nitrogens with zero attached hydrogens (tertiary/aromatic N) is 1. The van der Waals surface area contributed by atoms with Crippen LogP contribution in [0.1, 0.15) is 13.3 Å². The molecule has 1 heterocycles. The number of rotatable bonds is 3. The van der Waals surface area contributed by atoms with Crippen molar-refractivity contribution >= 4 is 5.97 Å². The zero-order valence-electron chi connectivity index (χ0n) is 12.4. The van der Waals surface area contributed by atoms with E-state index in [-0.39, 0.29) is 6.42 Å². The highest BCUT2D eigenvalue weighted by Gasteiger charge is 2.08. The second kappa shape index (κ2) is 7.78. The molecular formula is C18H18N2O2. The molecule has 0 aliphatic heterocycles. The SMILES string of the molecule is CCC(=O)O.c1ccc(-c2cn[nH]c2-c2ccccc2)cc1. The molecule has 0 spiro atoms. The van der Waals surface area contributed by atoms with Crippen molar-refractivity contribution in [1.82, 2.24) is 10.2 Å². The lowest BCUT2D eigenvalue weighted by molar-refractivity contribution is -0.136. The lowest BCUT2D eigenvalue weighted by Crippen LogP contribution is -1.86. The first-order valence-corrected chi connectivity index (χ1v) is 7.08. The molecule has 0 aliphatic rings. The van der Waals surface area contributed by atoms with Crippen molar-refractivity contribution in [2.45, 2.75) is 13.3 Å². The Morgan fingerprint density at radius 3 is 2.00 bits per heavy atom. The summed E-state index contributed by atoms with van der Waals surface area (Å²) in [4.78, 5) is 9.37. The normalized spacial score (nSPS) is 9.68. The number of aromatic nitrogens is 2. The van der Waals surface area contributed by atoms with E-state index in [1.807, 2.05) is 42.6 Å². The second-order valence-electron chi connectivity index (χ2n) is 4.64. The second-order valence-corrected chi connectivity index (χ2v) is 4.64. The summed E-state index contributed by atoms with van der Waals surface area (Å²) in [6, 6.07) is 20.5. The first-order valence-electron chi connectivity index (χ1n) is 7.08. The number of aliphatic carboxylic acids is 1. The maximum atomic E-state index is 9.37. The molecular weight excluding hydrogens is 276 g/mol. The van der Waals surface area contributed by atoms with E-state index in [0.717, 1.165) is 16.8 Å². The number of hydrogen-bond donors (Lipinski definition) is 2. The maximum absolute atomic E-state index is 9.37. The summed E-state index contributed by atoms with van der Waals surface area (Å²) < 4.78 is 0. The van der Waals surface area contributed by atoms with Crippen molar-refractivity contribution < 1.29 is 9.90 Å². The molecule has 2 aromatic carbocycles. The molecule has 0 saturated heterocycles. The Morgan fingerprint density at radius 2 is 1.50 bits per heavy atom. The van der Waals surface area contributed by atoms with Crippen molar-refractivity contribution in [3.8, 4) is 22.4 Å². The van der Waals surface area contributed by atoms with E-state index in [1.54, 1.807) is 6.92 Å². The third-order valence-electron chi connectivity index (χ3n) is 3.09. The zero-order chi connectivity index (χ0) is 15.8. The molecule has 4 heteroatoms. The van der Waals surface area contributed by atoms with Crippen LogP contribution in [0.3, 0.4) is 0 Å². The van der Waals surface area contributed by atoms with Crippen LogP contribution in [0.25, 0.3) is 22.4 Å². The summed E-state index contributed by atoms with van der Waals surface area (Å²) in [7, 11) is 0. The van der Waals surface area contributed by atoms with Gasteiger partial charge in [-0.25, -0.2) is 0 Å². The molecule has 0 amide bonds. The number of carbonyl (C=O) groups is 1. The predicted molar refractivity (Wildman–Crippen MR) is 87.4 cm³/mol. The number of carboxylic acid groups (broad SMARTS) is 1. The van der Waals surface area contributed by atoms with Gasteiger partial charge in [0.1, 0.15) is 0 Å². The topological polar surface area (TPSA) is 66.0 Å². The van der Waals surface area contributed by atoms with Crippen LogP contribution in [0.15, 0.2) is 66.9 Å². The first kappa shape index (κ1) is 15.5. The molecule has 0 aliphatic carbocycles. The van der Waals surface area contributed by atoms with Crippen LogP contribution >= 0.6 is 0 Å². The van der Waals surface area contributed by atoms with E-state index in [9.17, 15) is 4.79 Å². The zero-order valence-corrected chi connectivity index (χ0v) is 12.4. The Kier molecular flexibility index (Phi) is 5.49. The lowest BCUT2D eigenvalue weighted by Gasteiger charge is -2.02. The highest BCUT2D eigenvalue weighted by molar-refractivity contribution is 5.80. The maximum Gasteiger partial charge on any atom is 0.303 e. The number of carboxylic acids is 1. The number of benzene rings is 2. The molecule has 0 saturated carbocycles. The van der Waals surface area contributed by atoms with Crippen molar-refractivity contribution in [3.05, 3.63) is 66.9 Å². The molecule has 1 aromatic heterocycles. The minimum absolute atomic E-state index is 0.222. The number of H-pyrrole nitrogens is 1. The fourth-order valence-corrected chi connectivity index (χ4v) is 1.95. The van der Waals surface area contributed by atoms with Crippen LogP contribution in [0.4, 0.5) is 0 Å². The average Bonchev–Trinajstić information content (AvgIpc) is 3.06. The Labute approximate surface area is 129 Å². The molecule has 22 heavy (non-hydrogen) atoms. The Hall–Kier alpha value is -2.88. The first-order chi connectivity index (χ1) is 10.7. The average molecular weight is 294 g/mol. The molecule has 0 radical (unpaired) electrons. The van der Waals surface area contributed by atoms with E-state index < -0.39 is 5.97 Å². The Balaban J connectivity index is 0.000000309. The Morgan fingerprint density at radius 1 is 1.00 bits per heavy atom. The molecule has 112 valence electrons. The molecule has 0 unspecified atom stereocenters. The predicted octanol–water partition coefficient (Wildman–Crippen LogP) is 4.22. The number of hydrogen-bond acceptors (Lipinski definition) is 2. The smallest absolute Gasteiger partial charge is 0.303 e. The fraction of sp³-hybridized carbons (Fsp3) is 0.111. The van der Waals surface area contributed by atoms with Crippen molar-refractivity contribution in [3.63, 3.8) is 0 Å². The fourth-order valence-electron chi connectivity index (χ4n) is 1.95. The van der Waals surface area contributed by atoms with E-state index in [1.165, 1.54) is 5.56 Å². The van der Waals surface area contributed by atoms with Gasteiger partial charge in [-0.2, -0.15) is 5.10 Å². The number of nitrogens with one attached hydrogen (secondary N) is 1. The van der Waals surface area contributed by atoms with Crippen molar-refractivity contribution in [2.24, 2.45) is 0 Å². The minimum atomic E-state index is -0.745. The third-order valence-corrected chi connectivity index (χ3v) is 3.09. The summed E-state index contributed by atoms with van der Waals surface area (Å²) in [5.74, 6) is -0.745. The van der Waals surface area contributed by atoms with Gasteiger partial charge in [0, 0.05) is 17.5 Å². The highest BCUT2D eigenvalue weighted by atomic mass is 16.4. The van der Waals surface area contributed by atoms with Gasteiger partial charge in [-0.1, -0.05) is 67.6 Å². The van der Waals surface area contributed by atoms with Crippen LogP contribution in [0.2, 0.25) is 0 Å². The summed E-state index contributed by atoms with van der Waals surface area (Å²) >= 11 is 0. The van der Waals surface area contributed by atoms with Gasteiger partial charge in [0.15, 0.2) is 0 Å². The van der Waals surface area contributed by atoms with Crippen LogP contribution in [0.5, 0.6) is 0 Å². The molecule has 4 nitrogen and oxygen atoms in total. The number of aromatic amines is 1. The van der Waals surface area contributed by atoms with Crippen LogP contribution < -0.4 is 0 Å². The monoisotopic (exact) mass is 294 g/mol. The molecule has 0 fully saturated rings. The van der Waals surface area contributed by atoms with E-state index in [4.69, 9.17) is 5.11 Å². The van der Waals surface area contributed by atoms with Crippen molar-refractivity contribution in [1.29, 1.82) is 0 Å². The summed E-state index contributed by atoms with van der Waals surface area (Å²) in [6.07, 6.45) is 2.09. The van der Waals surface area contributed by atoms with E-state index >= 15 is 0 Å². The summed E-state index contributed by atoms with van der Waals surface area (Å²) in [5, 5.41) is 14.9. The van der Waals surface area contributed by atoms with Gasteiger partial charge < -0.3 is 5.11 Å². The van der Waals surface area contributed by atoms with E-state index in [0.29, 0.717) is 0 Å². The summed E-state index contributed by atoms with van der Waals surface area (Å²) in [5.41, 5.74) is 4.54. The largest absolute Gasteiger partial charge is 0.481 e. The Bertz CT molecular complexity index is 652. The van der Waals surface area contributed by atoms with Gasteiger partial charge in [-0.15, -0.1) is 0 Å². The highest BCUT2D eigenvalue weighted by Crippen LogP contribution is 2.29. The molecule has 2 N–H and O–H groups in total. The van der Waals surface area contributed by atoms with Crippen molar-refractivity contribution in [2.75, 3.05) is 0 Å². The quantitative estimate of drug-likeness (QED) is 0.760. The molecule has 3 rings (SSSR count). The molecule has 3 aromatic rings. The minimum Gasteiger partial charge on any atom is -0.481 e. The lowest BCUT2D eigenvalue weighted by atomic mass is 10.0. The van der Waals surface area contributed by atoms with Gasteiger partial charge in [0.25, 0.3) is 0 Å². The van der Waals surface area contributed by atoms with Gasteiger partial charge in [-0.05, 0) is 5.56 Å². The van der Waals surface area contributed by atoms with Gasteiger partial charge >= 0.3 is 5.97 Å². The standard InChI is InChI=1S/C15H12N2.C3H6O2/c1-3-7-12(8-4-1)14-11-16-17-15(14)13-9-5-2-6-10-13;1-2-3(4)5/h1-11H,(H,16,17);2H2,1H3,(H,4,5).